The lowest BCUT2D eigenvalue weighted by atomic mass is 10.1. The number of amides is 3. The summed E-state index contributed by atoms with van der Waals surface area (Å²) in [5.41, 5.74) is 2.37. The Morgan fingerprint density at radius 2 is 2.10 bits per heavy atom. The van der Waals surface area contributed by atoms with Crippen LogP contribution in [-0.4, -0.2) is 47.9 Å². The molecule has 0 saturated carbocycles. The van der Waals surface area contributed by atoms with Crippen molar-refractivity contribution in [2.45, 2.75) is 6.54 Å². The summed E-state index contributed by atoms with van der Waals surface area (Å²) >= 11 is 0. The van der Waals surface area contributed by atoms with Crippen LogP contribution in [0.4, 0.5) is 16.2 Å². The number of methoxy groups -OCH3 is 1. The third-order valence-electron chi connectivity index (χ3n) is 4.69. The molecular formula is C20H19N5O4. The molecule has 9 heteroatoms. The van der Waals surface area contributed by atoms with Gasteiger partial charge in [-0.3, -0.25) is 19.2 Å². The summed E-state index contributed by atoms with van der Waals surface area (Å²) in [6.07, 6.45) is 1.65. The zero-order valence-electron chi connectivity index (χ0n) is 15.7. The lowest BCUT2D eigenvalue weighted by molar-refractivity contribution is -0.141. The van der Waals surface area contributed by atoms with E-state index in [1.54, 1.807) is 47.5 Å². The zero-order valence-corrected chi connectivity index (χ0v) is 15.7. The summed E-state index contributed by atoms with van der Waals surface area (Å²) < 4.78 is 6.20. The number of ether oxygens (including phenoxy) is 1. The predicted octanol–water partition coefficient (Wildman–Crippen LogP) is 1.99. The van der Waals surface area contributed by atoms with Crippen molar-refractivity contribution >= 4 is 40.2 Å². The van der Waals surface area contributed by atoms with Gasteiger partial charge in [0.1, 0.15) is 6.54 Å². The van der Waals surface area contributed by atoms with Crippen LogP contribution in [0.15, 0.2) is 48.7 Å². The minimum absolute atomic E-state index is 0.0165. The summed E-state index contributed by atoms with van der Waals surface area (Å²) in [6.45, 7) is 1.12. The van der Waals surface area contributed by atoms with Crippen molar-refractivity contribution in [3.05, 3.63) is 54.2 Å². The summed E-state index contributed by atoms with van der Waals surface area (Å²) in [4.78, 5) is 37.7. The first kappa shape index (κ1) is 18.5. The van der Waals surface area contributed by atoms with E-state index in [1.165, 1.54) is 11.8 Å². The molecule has 0 unspecified atom stereocenters. The molecule has 148 valence electrons. The van der Waals surface area contributed by atoms with E-state index in [0.29, 0.717) is 35.5 Å². The largest absolute Gasteiger partial charge is 0.468 e. The highest BCUT2D eigenvalue weighted by atomic mass is 16.5. The minimum Gasteiger partial charge on any atom is -0.468 e. The van der Waals surface area contributed by atoms with Gasteiger partial charge in [-0.25, -0.2) is 4.79 Å². The number of carbonyl (C=O) groups excluding carboxylic acids is 3. The molecule has 0 radical (unpaired) electrons. The molecule has 2 N–H and O–H groups in total. The van der Waals surface area contributed by atoms with E-state index in [4.69, 9.17) is 0 Å². The van der Waals surface area contributed by atoms with Gasteiger partial charge in [0.15, 0.2) is 0 Å². The normalized spacial score (nSPS) is 13.4. The Hall–Kier alpha value is -3.88. The van der Waals surface area contributed by atoms with Crippen LogP contribution in [-0.2, 0) is 16.1 Å². The number of aromatic nitrogens is 2. The monoisotopic (exact) mass is 393 g/mol. The first-order valence-corrected chi connectivity index (χ1v) is 9.04. The summed E-state index contributed by atoms with van der Waals surface area (Å²) in [5.74, 6) is -0.711. The number of nitrogens with zero attached hydrogens (tertiary/aromatic N) is 3. The van der Waals surface area contributed by atoms with Gasteiger partial charge in [0, 0.05) is 35.4 Å². The molecule has 1 aromatic heterocycles. The van der Waals surface area contributed by atoms with Gasteiger partial charge in [0.05, 0.1) is 18.8 Å². The minimum atomic E-state index is -0.410. The number of fused-ring (bicyclic) bond motifs is 1. The van der Waals surface area contributed by atoms with Crippen molar-refractivity contribution in [2.24, 2.45) is 0 Å². The Balaban J connectivity index is 1.55. The molecule has 1 saturated heterocycles. The highest BCUT2D eigenvalue weighted by Gasteiger charge is 2.21. The van der Waals surface area contributed by atoms with Gasteiger partial charge in [-0.05, 0) is 36.4 Å². The molecule has 0 aliphatic carbocycles. The van der Waals surface area contributed by atoms with Crippen molar-refractivity contribution in [1.29, 1.82) is 0 Å². The van der Waals surface area contributed by atoms with E-state index in [0.717, 1.165) is 5.39 Å². The van der Waals surface area contributed by atoms with E-state index in [9.17, 15) is 14.4 Å². The number of hydrogen-bond acceptors (Lipinski definition) is 5. The Morgan fingerprint density at radius 3 is 2.86 bits per heavy atom. The van der Waals surface area contributed by atoms with Crippen molar-refractivity contribution < 1.29 is 19.1 Å². The average Bonchev–Trinajstić information content (AvgIpc) is 3.34. The number of anilines is 2. The molecule has 0 atom stereocenters. The van der Waals surface area contributed by atoms with E-state index in [2.05, 4.69) is 20.5 Å². The smallest absolute Gasteiger partial charge is 0.327 e. The highest BCUT2D eigenvalue weighted by Crippen LogP contribution is 2.22. The second-order valence-corrected chi connectivity index (χ2v) is 6.54. The number of benzene rings is 2. The van der Waals surface area contributed by atoms with Crippen molar-refractivity contribution in [1.82, 2.24) is 15.1 Å². The standard InChI is InChI=1S/C20H19N5O4/c1-29-18(26)12-25-17-10-15(6-5-14(17)11-22-25)23-19(27)13-3-2-4-16(9-13)24-8-7-21-20(24)28/h2-6,9-11H,7-8,12H2,1H3,(H,21,28)(H,23,27). The number of rotatable bonds is 5. The number of esters is 1. The van der Waals surface area contributed by atoms with Crippen LogP contribution < -0.4 is 15.5 Å². The molecule has 9 nitrogen and oxygen atoms in total. The summed E-state index contributed by atoms with van der Waals surface area (Å²) in [7, 11) is 1.32. The maximum absolute atomic E-state index is 12.7. The van der Waals surface area contributed by atoms with Crippen molar-refractivity contribution in [2.75, 3.05) is 30.4 Å². The fourth-order valence-electron chi connectivity index (χ4n) is 3.20. The molecule has 2 aromatic carbocycles. The number of carbonyl (C=O) groups is 3. The molecular weight excluding hydrogens is 374 g/mol. The molecule has 0 bridgehead atoms. The van der Waals surface area contributed by atoms with Crippen LogP contribution in [0.3, 0.4) is 0 Å². The molecule has 1 fully saturated rings. The quantitative estimate of drug-likeness (QED) is 0.645. The van der Waals surface area contributed by atoms with Crippen LogP contribution in [0, 0.1) is 0 Å². The molecule has 3 amide bonds. The van der Waals surface area contributed by atoms with Gasteiger partial charge < -0.3 is 15.4 Å². The van der Waals surface area contributed by atoms with E-state index < -0.39 is 5.97 Å². The molecule has 3 aromatic rings. The third-order valence-corrected chi connectivity index (χ3v) is 4.69. The molecule has 0 spiro atoms. The second-order valence-electron chi connectivity index (χ2n) is 6.54. The summed E-state index contributed by atoms with van der Waals surface area (Å²) in [5, 5.41) is 10.6. The van der Waals surface area contributed by atoms with Gasteiger partial charge in [-0.1, -0.05) is 6.07 Å². The Bertz CT molecular complexity index is 1110. The third kappa shape index (κ3) is 3.75. The number of hydrogen-bond donors (Lipinski definition) is 2. The van der Waals surface area contributed by atoms with Gasteiger partial charge in [-0.15, -0.1) is 0 Å². The van der Waals surface area contributed by atoms with Crippen LogP contribution >= 0.6 is 0 Å². The van der Waals surface area contributed by atoms with Gasteiger partial charge in [0.25, 0.3) is 5.91 Å². The van der Waals surface area contributed by atoms with Crippen LogP contribution in [0.2, 0.25) is 0 Å². The molecule has 1 aliphatic rings. The van der Waals surface area contributed by atoms with E-state index in [1.807, 2.05) is 6.07 Å². The fourth-order valence-corrected chi connectivity index (χ4v) is 3.20. The SMILES string of the molecule is COC(=O)Cn1ncc2ccc(NC(=O)c3cccc(N4CCNC4=O)c3)cc21. The Kier molecular flexibility index (Phi) is 4.86. The summed E-state index contributed by atoms with van der Waals surface area (Å²) in [6, 6.07) is 12.1. The van der Waals surface area contributed by atoms with Crippen LogP contribution in [0.1, 0.15) is 10.4 Å². The Morgan fingerprint density at radius 1 is 1.24 bits per heavy atom. The van der Waals surface area contributed by atoms with E-state index in [-0.39, 0.29) is 18.5 Å². The van der Waals surface area contributed by atoms with Crippen molar-refractivity contribution in [3.8, 4) is 0 Å². The maximum Gasteiger partial charge on any atom is 0.327 e. The first-order chi connectivity index (χ1) is 14.0. The predicted molar refractivity (Wildman–Crippen MR) is 107 cm³/mol. The van der Waals surface area contributed by atoms with Crippen LogP contribution in [0.25, 0.3) is 10.9 Å². The van der Waals surface area contributed by atoms with E-state index >= 15 is 0 Å². The van der Waals surface area contributed by atoms with Crippen molar-refractivity contribution in [3.63, 3.8) is 0 Å². The van der Waals surface area contributed by atoms with Crippen LogP contribution in [0.5, 0.6) is 0 Å². The molecule has 29 heavy (non-hydrogen) atoms. The zero-order chi connectivity index (χ0) is 20.4. The lowest BCUT2D eigenvalue weighted by Crippen LogP contribution is -2.27. The lowest BCUT2D eigenvalue weighted by Gasteiger charge is -2.15. The van der Waals surface area contributed by atoms with Gasteiger partial charge in [-0.2, -0.15) is 5.10 Å². The average molecular weight is 393 g/mol. The number of nitrogens with one attached hydrogen (secondary N) is 2. The fraction of sp³-hybridized carbons (Fsp3) is 0.200. The topological polar surface area (TPSA) is 106 Å². The van der Waals surface area contributed by atoms with Gasteiger partial charge >= 0.3 is 12.0 Å². The molecule has 4 rings (SSSR count). The number of urea groups is 1. The molecule has 1 aliphatic heterocycles. The van der Waals surface area contributed by atoms with Gasteiger partial charge in [0.2, 0.25) is 0 Å². The maximum atomic E-state index is 12.7. The molecule has 2 heterocycles. The Labute approximate surface area is 166 Å². The first-order valence-electron chi connectivity index (χ1n) is 9.04. The highest BCUT2D eigenvalue weighted by molar-refractivity contribution is 6.06. The second kappa shape index (κ2) is 7.63.